The number of fused-ring (bicyclic) bond motifs is 1. The van der Waals surface area contributed by atoms with Crippen LogP contribution in [0.3, 0.4) is 0 Å². The summed E-state index contributed by atoms with van der Waals surface area (Å²) in [7, 11) is 1.57. The van der Waals surface area contributed by atoms with Gasteiger partial charge in [-0.3, -0.25) is 14.5 Å². The third-order valence-electron chi connectivity index (χ3n) is 4.68. The van der Waals surface area contributed by atoms with Gasteiger partial charge in [0.15, 0.2) is 0 Å². The zero-order valence-electron chi connectivity index (χ0n) is 14.8. The van der Waals surface area contributed by atoms with E-state index in [2.05, 4.69) is 57.8 Å². The average Bonchev–Trinajstić information content (AvgIpc) is 3.36. The highest BCUT2D eigenvalue weighted by molar-refractivity contribution is 9.11. The van der Waals surface area contributed by atoms with Crippen molar-refractivity contribution in [3.63, 3.8) is 0 Å². The van der Waals surface area contributed by atoms with Gasteiger partial charge in [-0.2, -0.15) is 0 Å². The van der Waals surface area contributed by atoms with Gasteiger partial charge < -0.3 is 0 Å². The van der Waals surface area contributed by atoms with Gasteiger partial charge in [0.05, 0.1) is 28.5 Å². The monoisotopic (exact) mass is 543 g/mol. The second kappa shape index (κ2) is 7.22. The first kappa shape index (κ1) is 19.5. The number of nitrogens with zero attached hydrogens (tertiary/aromatic N) is 1. The van der Waals surface area contributed by atoms with E-state index in [9.17, 15) is 9.59 Å². The molecule has 4 rings (SSSR count). The number of rotatable bonds is 4. The number of imide groups is 1. The molecule has 3 aromatic rings. The summed E-state index contributed by atoms with van der Waals surface area (Å²) < 4.78 is 2.08. The van der Waals surface area contributed by atoms with Crippen LogP contribution in [0.1, 0.15) is 45.7 Å². The Kier molecular flexibility index (Phi) is 5.22. The summed E-state index contributed by atoms with van der Waals surface area (Å²) in [5, 5.41) is 0. The number of aryl methyl sites for hydroxylation is 2. The molecule has 1 aliphatic heterocycles. The minimum absolute atomic E-state index is 0.201. The van der Waals surface area contributed by atoms with E-state index in [1.54, 1.807) is 41.1 Å². The van der Waals surface area contributed by atoms with Crippen LogP contribution in [0.2, 0.25) is 0 Å². The smallest absolute Gasteiger partial charge is 0.262 e. The molecule has 0 aromatic carbocycles. The first-order valence-corrected chi connectivity index (χ1v) is 12.5. The molecule has 0 saturated heterocycles. The molecule has 0 bridgehead atoms. The maximum atomic E-state index is 12.9. The Balaban J connectivity index is 2.04. The van der Waals surface area contributed by atoms with Crippen LogP contribution in [0.15, 0.2) is 19.7 Å². The van der Waals surface area contributed by atoms with Crippen molar-refractivity contribution < 1.29 is 9.59 Å². The Morgan fingerprint density at radius 2 is 1.19 bits per heavy atom. The Hall–Kier alpha value is -0.800. The van der Waals surface area contributed by atoms with E-state index in [1.807, 2.05) is 0 Å². The normalized spacial score (nSPS) is 13.7. The van der Waals surface area contributed by atoms with Crippen LogP contribution in [0.25, 0.3) is 19.5 Å². The zero-order valence-corrected chi connectivity index (χ0v) is 20.4. The van der Waals surface area contributed by atoms with Crippen molar-refractivity contribution in [3.05, 3.63) is 42.0 Å². The lowest BCUT2D eigenvalue weighted by atomic mass is 10.1. The molecule has 0 atom stereocenters. The van der Waals surface area contributed by atoms with E-state index in [0.29, 0.717) is 11.1 Å². The summed E-state index contributed by atoms with van der Waals surface area (Å²) in [6.45, 7) is 4.22. The third kappa shape index (κ3) is 3.00. The molecule has 0 unspecified atom stereocenters. The number of carbonyl (C=O) groups is 2. The van der Waals surface area contributed by atoms with Crippen molar-refractivity contribution in [3.8, 4) is 19.5 Å². The molecule has 0 fully saturated rings. The first-order chi connectivity index (χ1) is 12.9. The number of halogens is 2. The van der Waals surface area contributed by atoms with Gasteiger partial charge in [-0.15, -0.1) is 34.0 Å². The molecule has 3 nitrogen and oxygen atoms in total. The van der Waals surface area contributed by atoms with Crippen LogP contribution < -0.4 is 0 Å². The van der Waals surface area contributed by atoms with Gasteiger partial charge >= 0.3 is 0 Å². The predicted molar refractivity (Wildman–Crippen MR) is 122 cm³/mol. The zero-order chi connectivity index (χ0) is 19.5. The Labute approximate surface area is 186 Å². The van der Waals surface area contributed by atoms with Crippen molar-refractivity contribution in [1.29, 1.82) is 0 Å². The van der Waals surface area contributed by atoms with E-state index in [-0.39, 0.29) is 11.8 Å². The van der Waals surface area contributed by atoms with Crippen LogP contribution in [0.4, 0.5) is 0 Å². The molecule has 140 valence electrons. The molecule has 3 aromatic heterocycles. The Morgan fingerprint density at radius 3 is 1.56 bits per heavy atom. The molecule has 8 heteroatoms. The highest BCUT2D eigenvalue weighted by atomic mass is 79.9. The average molecular weight is 545 g/mol. The lowest BCUT2D eigenvalue weighted by Crippen LogP contribution is -2.24. The summed E-state index contributed by atoms with van der Waals surface area (Å²) in [4.78, 5) is 31.1. The van der Waals surface area contributed by atoms with Gasteiger partial charge in [0.1, 0.15) is 0 Å². The summed E-state index contributed by atoms with van der Waals surface area (Å²) in [5.41, 5.74) is 3.52. The van der Waals surface area contributed by atoms with Gasteiger partial charge in [0, 0.05) is 16.8 Å². The standard InChI is InChI=1S/C19H15Br2NO2S3/c1-4-8-6-10(20)25-14(8)16-12-13(19(24)22(3)18(12)23)17(27-16)15-9(5-2)7-11(21)26-15/h6-7H,4-5H2,1-3H3. The SMILES string of the molecule is CCc1cc(Br)sc1-c1sc(-c2sc(Br)cc2CC)c2c1C(=O)N(C)C2=O. The van der Waals surface area contributed by atoms with Gasteiger partial charge in [-0.1, -0.05) is 13.8 Å². The molecular weight excluding hydrogens is 530 g/mol. The van der Waals surface area contributed by atoms with Crippen LogP contribution >= 0.6 is 65.9 Å². The van der Waals surface area contributed by atoms with Gasteiger partial charge in [-0.05, 0) is 68.0 Å². The van der Waals surface area contributed by atoms with Gasteiger partial charge in [-0.25, -0.2) is 0 Å². The summed E-state index contributed by atoms with van der Waals surface area (Å²) in [5.74, 6) is -0.402. The minimum Gasteiger partial charge on any atom is -0.277 e. The van der Waals surface area contributed by atoms with E-state index in [1.165, 1.54) is 16.0 Å². The molecule has 1 aliphatic rings. The van der Waals surface area contributed by atoms with Crippen molar-refractivity contribution in [2.24, 2.45) is 0 Å². The van der Waals surface area contributed by atoms with Crippen LogP contribution in [-0.2, 0) is 12.8 Å². The van der Waals surface area contributed by atoms with Crippen LogP contribution in [0.5, 0.6) is 0 Å². The van der Waals surface area contributed by atoms with E-state index in [4.69, 9.17) is 0 Å². The molecule has 2 amide bonds. The van der Waals surface area contributed by atoms with Gasteiger partial charge in [0.2, 0.25) is 0 Å². The Bertz CT molecular complexity index is 1010. The Morgan fingerprint density at radius 1 is 0.778 bits per heavy atom. The third-order valence-corrected chi connectivity index (χ3v) is 9.56. The summed E-state index contributed by atoms with van der Waals surface area (Å²) in [6, 6.07) is 4.21. The number of carbonyl (C=O) groups excluding carboxylic acids is 2. The summed E-state index contributed by atoms with van der Waals surface area (Å²) >= 11 is 12.0. The number of hydrogen-bond donors (Lipinski definition) is 0. The highest BCUT2D eigenvalue weighted by Crippen LogP contribution is 2.51. The van der Waals surface area contributed by atoms with Crippen molar-refractivity contribution in [2.75, 3.05) is 7.05 Å². The van der Waals surface area contributed by atoms with Gasteiger partial charge in [0.25, 0.3) is 11.8 Å². The van der Waals surface area contributed by atoms with Crippen molar-refractivity contribution in [1.82, 2.24) is 4.90 Å². The predicted octanol–water partition coefficient (Wildman–Crippen LogP) is 7.08. The number of thiophene rings is 3. The molecule has 0 aliphatic carbocycles. The van der Waals surface area contributed by atoms with E-state index >= 15 is 0 Å². The van der Waals surface area contributed by atoms with Crippen LogP contribution in [0, 0.1) is 0 Å². The fourth-order valence-electron chi connectivity index (χ4n) is 3.29. The lowest BCUT2D eigenvalue weighted by molar-refractivity contribution is 0.0693. The van der Waals surface area contributed by atoms with Crippen LogP contribution in [-0.4, -0.2) is 23.8 Å². The minimum atomic E-state index is -0.201. The molecule has 4 heterocycles. The molecule has 0 radical (unpaired) electrons. The lowest BCUT2D eigenvalue weighted by Gasteiger charge is -2.08. The van der Waals surface area contributed by atoms with E-state index in [0.717, 1.165) is 39.9 Å². The largest absolute Gasteiger partial charge is 0.277 e. The van der Waals surface area contributed by atoms with Crippen molar-refractivity contribution >= 4 is 77.7 Å². The fourth-order valence-corrected chi connectivity index (χ4v) is 8.40. The highest BCUT2D eigenvalue weighted by Gasteiger charge is 2.41. The second-order valence-electron chi connectivity index (χ2n) is 6.20. The maximum Gasteiger partial charge on any atom is 0.262 e. The first-order valence-electron chi connectivity index (χ1n) is 8.43. The molecule has 0 saturated carbocycles. The number of amides is 2. The molecular formula is C19H15Br2NO2S3. The molecule has 0 spiro atoms. The quantitative estimate of drug-likeness (QED) is 0.329. The molecule has 0 N–H and O–H groups in total. The molecule has 27 heavy (non-hydrogen) atoms. The van der Waals surface area contributed by atoms with Crippen molar-refractivity contribution in [2.45, 2.75) is 26.7 Å². The topological polar surface area (TPSA) is 37.4 Å². The maximum absolute atomic E-state index is 12.9. The van der Waals surface area contributed by atoms with E-state index < -0.39 is 0 Å². The second-order valence-corrected chi connectivity index (χ2v) is 12.1. The fraction of sp³-hybridized carbons (Fsp3) is 0.263. The number of hydrogen-bond acceptors (Lipinski definition) is 5. The summed E-state index contributed by atoms with van der Waals surface area (Å²) in [6.07, 6.45) is 1.75.